The van der Waals surface area contributed by atoms with Crippen LogP contribution in [0.3, 0.4) is 0 Å². The number of nitrogens with one attached hydrogen (secondary N) is 2. The Kier molecular flexibility index (Phi) is 6.20. The molecule has 15 heavy (non-hydrogen) atoms. The normalized spacial score (nSPS) is 13.2. The molecule has 5 heteroatoms. The summed E-state index contributed by atoms with van der Waals surface area (Å²) in [6.45, 7) is 5.47. The first kappa shape index (κ1) is 14.7. The Morgan fingerprint density at radius 3 is 2.13 bits per heavy atom. The lowest BCUT2D eigenvalue weighted by molar-refractivity contribution is -0.135. The van der Waals surface area contributed by atoms with E-state index in [2.05, 4.69) is 10.6 Å². The minimum absolute atomic E-state index is 0.00989. The number of rotatable bonds is 7. The molecular formula is C10H21F3N2. The van der Waals surface area contributed by atoms with Crippen LogP contribution in [0, 0.1) is 0 Å². The van der Waals surface area contributed by atoms with E-state index in [0.29, 0.717) is 13.0 Å². The van der Waals surface area contributed by atoms with Crippen molar-refractivity contribution in [3.8, 4) is 0 Å². The van der Waals surface area contributed by atoms with Gasteiger partial charge in [0.15, 0.2) is 0 Å². The average molecular weight is 226 g/mol. The number of halogens is 3. The Balaban J connectivity index is 3.33. The molecule has 0 saturated carbocycles. The molecule has 0 saturated heterocycles. The lowest BCUT2D eigenvalue weighted by atomic mass is 10.1. The predicted molar refractivity (Wildman–Crippen MR) is 55.9 cm³/mol. The molecule has 0 amide bonds. The zero-order chi connectivity index (χ0) is 11.9. The summed E-state index contributed by atoms with van der Waals surface area (Å²) in [5.41, 5.74) is -0.00989. The van der Waals surface area contributed by atoms with Gasteiger partial charge in [-0.15, -0.1) is 0 Å². The molecule has 0 heterocycles. The van der Waals surface area contributed by atoms with Gasteiger partial charge in [0.1, 0.15) is 0 Å². The molecule has 0 radical (unpaired) electrons. The molecule has 0 unspecified atom stereocenters. The van der Waals surface area contributed by atoms with Crippen LogP contribution in [-0.2, 0) is 0 Å². The molecule has 92 valence electrons. The van der Waals surface area contributed by atoms with Crippen LogP contribution in [0.15, 0.2) is 0 Å². The van der Waals surface area contributed by atoms with Crippen molar-refractivity contribution in [3.63, 3.8) is 0 Å². The van der Waals surface area contributed by atoms with E-state index >= 15 is 0 Å². The van der Waals surface area contributed by atoms with Crippen LogP contribution in [0.5, 0.6) is 0 Å². The molecule has 0 bridgehead atoms. The van der Waals surface area contributed by atoms with Crippen LogP contribution >= 0.6 is 0 Å². The lowest BCUT2D eigenvalue weighted by Gasteiger charge is -2.24. The van der Waals surface area contributed by atoms with E-state index in [0.717, 1.165) is 6.54 Å². The second-order valence-electron chi connectivity index (χ2n) is 4.38. The van der Waals surface area contributed by atoms with Gasteiger partial charge < -0.3 is 10.6 Å². The minimum Gasteiger partial charge on any atom is -0.315 e. The third-order valence-corrected chi connectivity index (χ3v) is 2.31. The Morgan fingerprint density at radius 1 is 1.07 bits per heavy atom. The van der Waals surface area contributed by atoms with Crippen LogP contribution in [0.2, 0.25) is 0 Å². The molecule has 0 aromatic carbocycles. The first-order valence-corrected chi connectivity index (χ1v) is 5.23. The van der Waals surface area contributed by atoms with Crippen molar-refractivity contribution >= 4 is 0 Å². The summed E-state index contributed by atoms with van der Waals surface area (Å²) in [6, 6.07) is 0. The SMILES string of the molecule is CNC(C)(C)CNCCCCC(F)(F)F. The molecule has 0 rings (SSSR count). The number of hydrogen-bond donors (Lipinski definition) is 2. The van der Waals surface area contributed by atoms with Gasteiger partial charge in [0.25, 0.3) is 0 Å². The summed E-state index contributed by atoms with van der Waals surface area (Å²) in [7, 11) is 1.87. The van der Waals surface area contributed by atoms with Gasteiger partial charge >= 0.3 is 6.18 Å². The number of unbranched alkanes of at least 4 members (excludes halogenated alkanes) is 1. The molecule has 2 N–H and O–H groups in total. The van der Waals surface area contributed by atoms with E-state index in [1.807, 2.05) is 20.9 Å². The zero-order valence-electron chi connectivity index (χ0n) is 9.67. The standard InChI is InChI=1S/C10H21F3N2/c1-9(2,14-3)8-15-7-5-4-6-10(11,12)13/h14-15H,4-8H2,1-3H3. The van der Waals surface area contributed by atoms with Gasteiger partial charge in [0, 0.05) is 18.5 Å². The minimum atomic E-state index is -4.01. The predicted octanol–water partition coefficient (Wildman–Crippen LogP) is 2.31. The largest absolute Gasteiger partial charge is 0.389 e. The van der Waals surface area contributed by atoms with Crippen LogP contribution in [0.1, 0.15) is 33.1 Å². The maximum absolute atomic E-state index is 11.8. The van der Waals surface area contributed by atoms with E-state index < -0.39 is 12.6 Å². The molecule has 0 spiro atoms. The number of hydrogen-bond acceptors (Lipinski definition) is 2. The summed E-state index contributed by atoms with van der Waals surface area (Å²) >= 11 is 0. The maximum Gasteiger partial charge on any atom is 0.389 e. The maximum atomic E-state index is 11.8. The van der Waals surface area contributed by atoms with Crippen molar-refractivity contribution in [3.05, 3.63) is 0 Å². The smallest absolute Gasteiger partial charge is 0.315 e. The Bertz CT molecular complexity index is 167. The molecule has 0 fully saturated rings. The lowest BCUT2D eigenvalue weighted by Crippen LogP contribution is -2.45. The first-order chi connectivity index (χ1) is 6.77. The molecule has 0 atom stereocenters. The molecule has 0 aromatic heterocycles. The molecular weight excluding hydrogens is 205 g/mol. The molecule has 0 aliphatic heterocycles. The van der Waals surface area contributed by atoms with Gasteiger partial charge in [-0.25, -0.2) is 0 Å². The summed E-state index contributed by atoms with van der Waals surface area (Å²) < 4.78 is 35.3. The topological polar surface area (TPSA) is 24.1 Å². The highest BCUT2D eigenvalue weighted by Crippen LogP contribution is 2.21. The zero-order valence-corrected chi connectivity index (χ0v) is 9.67. The van der Waals surface area contributed by atoms with Crippen molar-refractivity contribution in [1.82, 2.24) is 10.6 Å². The van der Waals surface area contributed by atoms with Gasteiger partial charge in [-0.1, -0.05) is 0 Å². The van der Waals surface area contributed by atoms with Crippen molar-refractivity contribution in [1.29, 1.82) is 0 Å². The fourth-order valence-electron chi connectivity index (χ4n) is 1.06. The summed E-state index contributed by atoms with van der Waals surface area (Å²) in [6.07, 6.45) is -3.91. The van der Waals surface area contributed by atoms with Crippen LogP contribution in [0.4, 0.5) is 13.2 Å². The van der Waals surface area contributed by atoms with Crippen molar-refractivity contribution < 1.29 is 13.2 Å². The third-order valence-electron chi connectivity index (χ3n) is 2.31. The van der Waals surface area contributed by atoms with E-state index in [1.165, 1.54) is 0 Å². The molecule has 0 aliphatic carbocycles. The van der Waals surface area contributed by atoms with E-state index in [9.17, 15) is 13.2 Å². The Labute approximate surface area is 89.6 Å². The second kappa shape index (κ2) is 6.33. The van der Waals surface area contributed by atoms with Crippen LogP contribution < -0.4 is 10.6 Å². The summed E-state index contributed by atoms with van der Waals surface area (Å²) in [4.78, 5) is 0. The van der Waals surface area contributed by atoms with E-state index in [1.54, 1.807) is 0 Å². The van der Waals surface area contributed by atoms with Gasteiger partial charge in [-0.3, -0.25) is 0 Å². The van der Waals surface area contributed by atoms with Crippen molar-refractivity contribution in [2.75, 3.05) is 20.1 Å². The van der Waals surface area contributed by atoms with Gasteiger partial charge in [0.05, 0.1) is 0 Å². The van der Waals surface area contributed by atoms with Crippen LogP contribution in [-0.4, -0.2) is 31.9 Å². The first-order valence-electron chi connectivity index (χ1n) is 5.23. The fraction of sp³-hybridized carbons (Fsp3) is 1.00. The third kappa shape index (κ3) is 10.0. The monoisotopic (exact) mass is 226 g/mol. The second-order valence-corrected chi connectivity index (χ2v) is 4.38. The number of likely N-dealkylation sites (N-methyl/N-ethyl adjacent to an activating group) is 1. The molecule has 0 aliphatic rings. The molecule has 2 nitrogen and oxygen atoms in total. The summed E-state index contributed by atoms with van der Waals surface area (Å²) in [5.74, 6) is 0. The average Bonchev–Trinajstić information content (AvgIpc) is 2.09. The number of alkyl halides is 3. The van der Waals surface area contributed by atoms with Crippen LogP contribution in [0.25, 0.3) is 0 Å². The van der Waals surface area contributed by atoms with E-state index in [-0.39, 0.29) is 12.0 Å². The van der Waals surface area contributed by atoms with E-state index in [4.69, 9.17) is 0 Å². The highest BCUT2D eigenvalue weighted by Gasteiger charge is 2.25. The van der Waals surface area contributed by atoms with Gasteiger partial charge in [0.2, 0.25) is 0 Å². The molecule has 0 aromatic rings. The highest BCUT2D eigenvalue weighted by atomic mass is 19.4. The highest BCUT2D eigenvalue weighted by molar-refractivity contribution is 4.77. The van der Waals surface area contributed by atoms with Crippen molar-refractivity contribution in [2.24, 2.45) is 0 Å². The van der Waals surface area contributed by atoms with Gasteiger partial charge in [-0.05, 0) is 40.3 Å². The van der Waals surface area contributed by atoms with Crippen molar-refractivity contribution in [2.45, 2.75) is 44.8 Å². The Hall–Kier alpha value is -0.290. The van der Waals surface area contributed by atoms with Gasteiger partial charge in [-0.2, -0.15) is 13.2 Å². The quantitative estimate of drug-likeness (QED) is 0.651. The Morgan fingerprint density at radius 2 is 1.67 bits per heavy atom. The fourth-order valence-corrected chi connectivity index (χ4v) is 1.06. The summed E-state index contributed by atoms with van der Waals surface area (Å²) in [5, 5.41) is 6.25.